The van der Waals surface area contributed by atoms with Crippen LogP contribution in [0.3, 0.4) is 0 Å². The van der Waals surface area contributed by atoms with Gasteiger partial charge in [0, 0.05) is 18.3 Å². The van der Waals surface area contributed by atoms with E-state index in [2.05, 4.69) is 37.3 Å². The predicted octanol–water partition coefficient (Wildman–Crippen LogP) is 3.01. The molecular weight excluding hydrogens is 404 g/mol. The molecule has 0 spiro atoms. The molecule has 2 aliphatic heterocycles. The third-order valence-electron chi connectivity index (χ3n) is 4.45. The van der Waals surface area contributed by atoms with Gasteiger partial charge in [0.1, 0.15) is 4.21 Å². The standard InChI is InChI=1S/C14H21BrN2O2S3/c15-13-1-2-14(21-13)22(18,19)16-9-11-3-6-17(7-4-11)12-5-8-20-10-12/h1-2,11-12,16H,3-10H2. The summed E-state index contributed by atoms with van der Waals surface area (Å²) in [5, 5.41) is 0. The Kier molecular flexibility index (Phi) is 5.89. The molecule has 1 atom stereocenters. The van der Waals surface area contributed by atoms with E-state index in [4.69, 9.17) is 0 Å². The summed E-state index contributed by atoms with van der Waals surface area (Å²) in [6.45, 7) is 2.79. The van der Waals surface area contributed by atoms with Gasteiger partial charge in [0.05, 0.1) is 3.79 Å². The summed E-state index contributed by atoms with van der Waals surface area (Å²) in [4.78, 5) is 2.60. The van der Waals surface area contributed by atoms with Gasteiger partial charge in [0.15, 0.2) is 0 Å². The number of thiophene rings is 1. The third-order valence-corrected chi connectivity index (χ3v) is 9.13. The highest BCUT2D eigenvalue weighted by molar-refractivity contribution is 9.11. The molecule has 3 rings (SSSR count). The molecule has 3 heterocycles. The molecule has 22 heavy (non-hydrogen) atoms. The summed E-state index contributed by atoms with van der Waals surface area (Å²) in [7, 11) is -3.35. The highest BCUT2D eigenvalue weighted by Crippen LogP contribution is 2.28. The molecule has 124 valence electrons. The van der Waals surface area contributed by atoms with E-state index in [9.17, 15) is 8.42 Å². The molecule has 2 aliphatic rings. The number of rotatable bonds is 5. The second-order valence-corrected chi connectivity index (χ2v) is 11.5. The van der Waals surface area contributed by atoms with Gasteiger partial charge in [-0.15, -0.1) is 11.3 Å². The minimum Gasteiger partial charge on any atom is -0.300 e. The van der Waals surface area contributed by atoms with Crippen molar-refractivity contribution in [2.75, 3.05) is 31.1 Å². The lowest BCUT2D eigenvalue weighted by molar-refractivity contribution is 0.145. The zero-order valence-electron chi connectivity index (χ0n) is 12.3. The number of nitrogens with zero attached hydrogens (tertiary/aromatic N) is 1. The van der Waals surface area contributed by atoms with Crippen LogP contribution in [0.25, 0.3) is 0 Å². The van der Waals surface area contributed by atoms with Gasteiger partial charge >= 0.3 is 0 Å². The fourth-order valence-electron chi connectivity index (χ4n) is 3.07. The van der Waals surface area contributed by atoms with E-state index in [0.717, 1.165) is 35.8 Å². The van der Waals surface area contributed by atoms with Crippen LogP contribution in [0.15, 0.2) is 20.1 Å². The number of hydrogen-bond donors (Lipinski definition) is 1. The summed E-state index contributed by atoms with van der Waals surface area (Å²) in [5.41, 5.74) is 0. The van der Waals surface area contributed by atoms with Crippen LogP contribution in [-0.2, 0) is 10.0 Å². The summed E-state index contributed by atoms with van der Waals surface area (Å²) < 4.78 is 28.5. The topological polar surface area (TPSA) is 49.4 Å². The van der Waals surface area contributed by atoms with Crippen LogP contribution >= 0.6 is 39.0 Å². The maximum absolute atomic E-state index is 12.2. The number of halogens is 1. The molecule has 2 saturated heterocycles. The van der Waals surface area contributed by atoms with Crippen molar-refractivity contribution in [3.05, 3.63) is 15.9 Å². The van der Waals surface area contributed by atoms with Crippen LogP contribution in [0.1, 0.15) is 19.3 Å². The van der Waals surface area contributed by atoms with E-state index in [1.165, 1.54) is 29.3 Å². The molecule has 0 aromatic carbocycles. The largest absolute Gasteiger partial charge is 0.300 e. The monoisotopic (exact) mass is 424 g/mol. The van der Waals surface area contributed by atoms with E-state index in [0.29, 0.717) is 16.7 Å². The van der Waals surface area contributed by atoms with Crippen molar-refractivity contribution in [2.45, 2.75) is 29.5 Å². The predicted molar refractivity (Wildman–Crippen MR) is 97.2 cm³/mol. The molecule has 0 saturated carbocycles. The average Bonchev–Trinajstić information content (AvgIpc) is 3.17. The van der Waals surface area contributed by atoms with Gasteiger partial charge in [-0.05, 0) is 72.1 Å². The van der Waals surface area contributed by atoms with Crippen LogP contribution in [-0.4, -0.2) is 50.5 Å². The molecule has 1 unspecified atom stereocenters. The van der Waals surface area contributed by atoms with Crippen LogP contribution in [0, 0.1) is 5.92 Å². The van der Waals surface area contributed by atoms with E-state index in [-0.39, 0.29) is 0 Å². The van der Waals surface area contributed by atoms with Crippen LogP contribution in [0.4, 0.5) is 0 Å². The molecular formula is C14H21BrN2O2S3. The van der Waals surface area contributed by atoms with Crippen LogP contribution in [0.5, 0.6) is 0 Å². The van der Waals surface area contributed by atoms with Crippen molar-refractivity contribution < 1.29 is 8.42 Å². The SMILES string of the molecule is O=S(=O)(NCC1CCN(C2CCSC2)CC1)c1ccc(Br)s1. The number of nitrogens with one attached hydrogen (secondary N) is 1. The van der Waals surface area contributed by atoms with Crippen molar-refractivity contribution in [1.82, 2.24) is 9.62 Å². The number of sulfonamides is 1. The van der Waals surface area contributed by atoms with Gasteiger partial charge in [0.25, 0.3) is 0 Å². The zero-order chi connectivity index (χ0) is 15.6. The number of likely N-dealkylation sites (tertiary alicyclic amines) is 1. The first-order valence-electron chi connectivity index (χ1n) is 7.61. The molecule has 0 amide bonds. The second kappa shape index (κ2) is 7.53. The maximum atomic E-state index is 12.2. The van der Waals surface area contributed by atoms with Crippen molar-refractivity contribution in [1.29, 1.82) is 0 Å². The summed E-state index contributed by atoms with van der Waals surface area (Å²) >= 11 is 6.62. The van der Waals surface area contributed by atoms with Gasteiger partial charge in [-0.25, -0.2) is 13.1 Å². The first-order chi connectivity index (χ1) is 10.5. The fraction of sp³-hybridized carbons (Fsp3) is 0.714. The van der Waals surface area contributed by atoms with Gasteiger partial charge in [-0.3, -0.25) is 4.90 Å². The maximum Gasteiger partial charge on any atom is 0.250 e. The minimum absolute atomic E-state index is 0.389. The average molecular weight is 425 g/mol. The Morgan fingerprint density at radius 3 is 2.64 bits per heavy atom. The molecule has 0 bridgehead atoms. The van der Waals surface area contributed by atoms with E-state index < -0.39 is 10.0 Å². The Labute approximate surface area is 149 Å². The quantitative estimate of drug-likeness (QED) is 0.788. The highest BCUT2D eigenvalue weighted by Gasteiger charge is 2.28. The fourth-order valence-corrected chi connectivity index (χ4v) is 7.50. The normalized spacial score (nSPS) is 24.9. The van der Waals surface area contributed by atoms with Crippen molar-refractivity contribution in [2.24, 2.45) is 5.92 Å². The molecule has 1 aromatic rings. The lowest BCUT2D eigenvalue weighted by Gasteiger charge is -2.35. The first kappa shape index (κ1) is 17.2. The molecule has 0 aliphatic carbocycles. The Balaban J connectivity index is 1.47. The zero-order valence-corrected chi connectivity index (χ0v) is 16.4. The molecule has 1 N–H and O–H groups in total. The summed E-state index contributed by atoms with van der Waals surface area (Å²) in [6, 6.07) is 4.18. The number of hydrogen-bond acceptors (Lipinski definition) is 5. The van der Waals surface area contributed by atoms with Gasteiger partial charge < -0.3 is 0 Å². The Morgan fingerprint density at radius 2 is 2.05 bits per heavy atom. The lowest BCUT2D eigenvalue weighted by atomic mass is 9.96. The summed E-state index contributed by atoms with van der Waals surface area (Å²) in [5.74, 6) is 3.02. The highest BCUT2D eigenvalue weighted by atomic mass is 79.9. The van der Waals surface area contributed by atoms with E-state index in [1.54, 1.807) is 12.1 Å². The number of thioether (sulfide) groups is 1. The number of piperidine rings is 1. The van der Waals surface area contributed by atoms with Crippen molar-refractivity contribution in [3.63, 3.8) is 0 Å². The molecule has 8 heteroatoms. The molecule has 1 aromatic heterocycles. The van der Waals surface area contributed by atoms with Gasteiger partial charge in [-0.1, -0.05) is 0 Å². The second-order valence-electron chi connectivity index (χ2n) is 5.91. The van der Waals surface area contributed by atoms with Gasteiger partial charge in [-0.2, -0.15) is 11.8 Å². The minimum atomic E-state index is -3.35. The Morgan fingerprint density at radius 1 is 1.27 bits per heavy atom. The van der Waals surface area contributed by atoms with Crippen LogP contribution in [0.2, 0.25) is 0 Å². The summed E-state index contributed by atoms with van der Waals surface area (Å²) in [6.07, 6.45) is 3.50. The Bertz CT molecular complexity index is 591. The molecule has 2 fully saturated rings. The van der Waals surface area contributed by atoms with Crippen molar-refractivity contribution in [3.8, 4) is 0 Å². The molecule has 0 radical (unpaired) electrons. The smallest absolute Gasteiger partial charge is 0.250 e. The van der Waals surface area contributed by atoms with E-state index >= 15 is 0 Å². The third kappa shape index (κ3) is 4.27. The van der Waals surface area contributed by atoms with Gasteiger partial charge in [0.2, 0.25) is 10.0 Å². The first-order valence-corrected chi connectivity index (χ1v) is 11.9. The van der Waals surface area contributed by atoms with Crippen LogP contribution < -0.4 is 4.72 Å². The molecule has 4 nitrogen and oxygen atoms in total. The van der Waals surface area contributed by atoms with E-state index in [1.807, 2.05) is 0 Å². The Hall–Kier alpha value is 0.400. The van der Waals surface area contributed by atoms with Crippen molar-refractivity contribution >= 4 is 49.1 Å². The lowest BCUT2D eigenvalue weighted by Crippen LogP contribution is -2.43.